The highest BCUT2D eigenvalue weighted by Gasteiger charge is 2.16. The second-order valence-corrected chi connectivity index (χ2v) is 3.99. The van der Waals surface area contributed by atoms with Crippen LogP contribution in [0.4, 0.5) is 0 Å². The van der Waals surface area contributed by atoms with Gasteiger partial charge in [0.05, 0.1) is 12.6 Å². The lowest BCUT2D eigenvalue weighted by atomic mass is 10.1. The molecule has 0 bridgehead atoms. The highest BCUT2D eigenvalue weighted by atomic mass is 16.5. The van der Waals surface area contributed by atoms with Crippen LogP contribution in [0, 0.1) is 0 Å². The summed E-state index contributed by atoms with van der Waals surface area (Å²) >= 11 is 0. The van der Waals surface area contributed by atoms with Gasteiger partial charge in [-0.05, 0) is 19.3 Å². The van der Waals surface area contributed by atoms with Crippen LogP contribution in [0.25, 0.3) is 0 Å². The average molecular weight is 223 g/mol. The first-order chi connectivity index (χ1) is 7.84. The van der Waals surface area contributed by atoms with Gasteiger partial charge in [-0.2, -0.15) is 0 Å². The normalized spacial score (nSPS) is 19.9. The number of aromatic nitrogens is 2. The third-order valence-electron chi connectivity index (χ3n) is 2.73. The number of carbonyl (C=O) groups is 1. The van der Waals surface area contributed by atoms with Crippen LogP contribution in [0.5, 0.6) is 0 Å². The molecular formula is C11H17N3O2. The van der Waals surface area contributed by atoms with Crippen LogP contribution in [0.15, 0.2) is 12.4 Å². The molecule has 1 atom stereocenters. The molecule has 1 saturated heterocycles. The number of carbonyl (C=O) groups excluding carboxylic acids is 1. The van der Waals surface area contributed by atoms with E-state index in [4.69, 9.17) is 4.74 Å². The van der Waals surface area contributed by atoms with Crippen molar-refractivity contribution in [1.82, 2.24) is 15.3 Å². The number of hydrogen-bond donors (Lipinski definition) is 2. The lowest BCUT2D eigenvalue weighted by Gasteiger charge is -2.08. The van der Waals surface area contributed by atoms with E-state index in [0.717, 1.165) is 31.7 Å². The number of rotatable bonds is 5. The molecule has 1 aliphatic rings. The summed E-state index contributed by atoms with van der Waals surface area (Å²) in [4.78, 5) is 18.5. The van der Waals surface area contributed by atoms with Gasteiger partial charge in [-0.15, -0.1) is 0 Å². The number of aromatic amines is 1. The Morgan fingerprint density at radius 3 is 3.31 bits per heavy atom. The Hall–Kier alpha value is -1.36. The molecule has 0 saturated carbocycles. The summed E-state index contributed by atoms with van der Waals surface area (Å²) in [6.07, 6.45) is 7.27. The number of H-pyrrole nitrogens is 1. The Morgan fingerprint density at radius 2 is 2.62 bits per heavy atom. The van der Waals surface area contributed by atoms with Crippen LogP contribution in [-0.4, -0.2) is 28.6 Å². The fourth-order valence-corrected chi connectivity index (χ4v) is 1.83. The maximum Gasteiger partial charge on any atom is 0.220 e. The molecule has 0 spiro atoms. The van der Waals surface area contributed by atoms with Gasteiger partial charge in [0.25, 0.3) is 0 Å². The van der Waals surface area contributed by atoms with Crippen molar-refractivity contribution in [3.05, 3.63) is 18.2 Å². The topological polar surface area (TPSA) is 67.0 Å². The largest absolute Gasteiger partial charge is 0.378 e. The predicted octanol–water partition coefficient (Wildman–Crippen LogP) is 0.985. The first-order valence-electron chi connectivity index (χ1n) is 5.71. The van der Waals surface area contributed by atoms with Crippen LogP contribution in [0.3, 0.4) is 0 Å². The van der Waals surface area contributed by atoms with E-state index in [1.165, 1.54) is 0 Å². The molecular weight excluding hydrogens is 206 g/mol. The van der Waals surface area contributed by atoms with Crippen molar-refractivity contribution < 1.29 is 9.53 Å². The quantitative estimate of drug-likeness (QED) is 0.782. The van der Waals surface area contributed by atoms with E-state index in [0.29, 0.717) is 13.0 Å². The van der Waals surface area contributed by atoms with Crippen LogP contribution in [0.1, 0.15) is 31.5 Å². The molecule has 0 aromatic carbocycles. The van der Waals surface area contributed by atoms with Gasteiger partial charge in [-0.1, -0.05) is 0 Å². The maximum atomic E-state index is 11.5. The molecule has 1 unspecified atom stereocenters. The highest BCUT2D eigenvalue weighted by molar-refractivity contribution is 5.75. The molecule has 2 N–H and O–H groups in total. The SMILES string of the molecule is O=C(CCC1CCCO1)NCc1ncc[nH]1. The maximum absolute atomic E-state index is 11.5. The minimum absolute atomic E-state index is 0.0619. The number of hydrogen-bond acceptors (Lipinski definition) is 3. The van der Waals surface area contributed by atoms with Crippen molar-refractivity contribution >= 4 is 5.91 Å². The summed E-state index contributed by atoms with van der Waals surface area (Å²) in [5, 5.41) is 2.82. The Bertz CT molecular complexity index is 318. The number of nitrogens with one attached hydrogen (secondary N) is 2. The van der Waals surface area contributed by atoms with Gasteiger partial charge in [0.2, 0.25) is 5.91 Å². The lowest BCUT2D eigenvalue weighted by molar-refractivity contribution is -0.121. The van der Waals surface area contributed by atoms with E-state index < -0.39 is 0 Å². The second-order valence-electron chi connectivity index (χ2n) is 3.99. The molecule has 1 aliphatic heterocycles. The van der Waals surface area contributed by atoms with Gasteiger partial charge < -0.3 is 15.0 Å². The number of amides is 1. The second kappa shape index (κ2) is 5.65. The van der Waals surface area contributed by atoms with Crippen LogP contribution < -0.4 is 5.32 Å². The molecule has 88 valence electrons. The molecule has 1 aromatic rings. The van der Waals surface area contributed by atoms with E-state index in [-0.39, 0.29) is 12.0 Å². The molecule has 5 heteroatoms. The Balaban J connectivity index is 1.60. The number of ether oxygens (including phenoxy) is 1. The van der Waals surface area contributed by atoms with Crippen molar-refractivity contribution in [3.63, 3.8) is 0 Å². The molecule has 2 rings (SSSR count). The van der Waals surface area contributed by atoms with Crippen LogP contribution in [0.2, 0.25) is 0 Å². The molecule has 5 nitrogen and oxygen atoms in total. The van der Waals surface area contributed by atoms with Gasteiger partial charge in [0, 0.05) is 25.4 Å². The Morgan fingerprint density at radius 1 is 1.69 bits per heavy atom. The summed E-state index contributed by atoms with van der Waals surface area (Å²) in [7, 11) is 0. The monoisotopic (exact) mass is 223 g/mol. The van der Waals surface area contributed by atoms with E-state index in [1.54, 1.807) is 12.4 Å². The predicted molar refractivity (Wildman–Crippen MR) is 58.6 cm³/mol. The highest BCUT2D eigenvalue weighted by Crippen LogP contribution is 2.16. The smallest absolute Gasteiger partial charge is 0.220 e. The average Bonchev–Trinajstić information content (AvgIpc) is 2.96. The van der Waals surface area contributed by atoms with Gasteiger partial charge in [0.1, 0.15) is 5.82 Å². The molecule has 0 radical (unpaired) electrons. The first-order valence-corrected chi connectivity index (χ1v) is 5.71. The fourth-order valence-electron chi connectivity index (χ4n) is 1.83. The molecule has 16 heavy (non-hydrogen) atoms. The molecule has 0 aliphatic carbocycles. The third-order valence-corrected chi connectivity index (χ3v) is 2.73. The van der Waals surface area contributed by atoms with Crippen molar-refractivity contribution in [2.45, 2.75) is 38.3 Å². The molecule has 2 heterocycles. The van der Waals surface area contributed by atoms with Crippen LogP contribution in [-0.2, 0) is 16.1 Å². The van der Waals surface area contributed by atoms with Gasteiger partial charge in [-0.3, -0.25) is 4.79 Å². The van der Waals surface area contributed by atoms with Crippen molar-refractivity contribution in [2.24, 2.45) is 0 Å². The minimum Gasteiger partial charge on any atom is -0.378 e. The number of nitrogens with zero attached hydrogens (tertiary/aromatic N) is 1. The minimum atomic E-state index is 0.0619. The molecule has 1 fully saturated rings. The zero-order valence-electron chi connectivity index (χ0n) is 9.24. The van der Waals surface area contributed by atoms with Gasteiger partial charge in [-0.25, -0.2) is 4.98 Å². The Kier molecular flexibility index (Phi) is 3.93. The summed E-state index contributed by atoms with van der Waals surface area (Å²) in [5.41, 5.74) is 0. The standard InChI is InChI=1S/C11H17N3O2/c15-11(4-3-9-2-1-7-16-9)14-8-10-12-5-6-13-10/h5-6,9H,1-4,7-8H2,(H,12,13)(H,14,15). The fraction of sp³-hybridized carbons (Fsp3) is 0.636. The lowest BCUT2D eigenvalue weighted by Crippen LogP contribution is -2.24. The number of imidazole rings is 1. The Labute approximate surface area is 94.6 Å². The van der Waals surface area contributed by atoms with Crippen molar-refractivity contribution in [1.29, 1.82) is 0 Å². The first kappa shape index (κ1) is 11.1. The third kappa shape index (κ3) is 3.34. The van der Waals surface area contributed by atoms with E-state index >= 15 is 0 Å². The van der Waals surface area contributed by atoms with E-state index in [1.807, 2.05) is 0 Å². The van der Waals surface area contributed by atoms with Crippen LogP contribution >= 0.6 is 0 Å². The van der Waals surface area contributed by atoms with Gasteiger partial charge >= 0.3 is 0 Å². The summed E-state index contributed by atoms with van der Waals surface area (Å²) in [5.74, 6) is 0.845. The summed E-state index contributed by atoms with van der Waals surface area (Å²) in [6.45, 7) is 1.32. The van der Waals surface area contributed by atoms with Crippen molar-refractivity contribution in [3.8, 4) is 0 Å². The summed E-state index contributed by atoms with van der Waals surface area (Å²) in [6, 6.07) is 0. The summed E-state index contributed by atoms with van der Waals surface area (Å²) < 4.78 is 5.46. The zero-order chi connectivity index (χ0) is 11.2. The zero-order valence-corrected chi connectivity index (χ0v) is 9.24. The van der Waals surface area contributed by atoms with E-state index in [9.17, 15) is 4.79 Å². The molecule has 1 amide bonds. The molecule has 1 aromatic heterocycles. The van der Waals surface area contributed by atoms with Crippen molar-refractivity contribution in [2.75, 3.05) is 6.61 Å². The van der Waals surface area contributed by atoms with Gasteiger partial charge in [0.15, 0.2) is 0 Å². The van der Waals surface area contributed by atoms with E-state index in [2.05, 4.69) is 15.3 Å².